The second-order valence-electron chi connectivity index (χ2n) is 3.67. The highest BCUT2D eigenvalue weighted by molar-refractivity contribution is 7.80. The van der Waals surface area contributed by atoms with Gasteiger partial charge >= 0.3 is 0 Å². The van der Waals surface area contributed by atoms with Crippen molar-refractivity contribution < 1.29 is 0 Å². The second-order valence-corrected chi connectivity index (χ2v) is 4.08. The van der Waals surface area contributed by atoms with Gasteiger partial charge in [-0.25, -0.2) is 4.98 Å². The van der Waals surface area contributed by atoms with E-state index in [0.29, 0.717) is 5.11 Å². The zero-order valence-corrected chi connectivity index (χ0v) is 10.7. The molecule has 2 rings (SSSR count). The van der Waals surface area contributed by atoms with E-state index in [1.54, 1.807) is 12.4 Å². The van der Waals surface area contributed by atoms with Gasteiger partial charge in [-0.1, -0.05) is 12.1 Å². The molecule has 18 heavy (non-hydrogen) atoms. The number of hydrogen-bond donors (Lipinski definition) is 2. The van der Waals surface area contributed by atoms with Crippen LogP contribution in [0, 0.1) is 0 Å². The average molecular weight is 258 g/mol. The van der Waals surface area contributed by atoms with Gasteiger partial charge in [-0.2, -0.15) is 0 Å². The third-order valence-corrected chi connectivity index (χ3v) is 2.55. The van der Waals surface area contributed by atoms with Crippen molar-refractivity contribution in [3.8, 4) is 0 Å². The summed E-state index contributed by atoms with van der Waals surface area (Å²) >= 11 is 5.17. The molecule has 0 aliphatic heterocycles. The normalized spacial score (nSPS) is 9.78. The first kappa shape index (κ1) is 12.4. The summed E-state index contributed by atoms with van der Waals surface area (Å²) in [5, 5.41) is 6.71. The van der Waals surface area contributed by atoms with Crippen LogP contribution in [0.15, 0.2) is 48.8 Å². The Morgan fingerprint density at radius 3 is 2.50 bits per heavy atom. The number of aromatic nitrogens is 2. The van der Waals surface area contributed by atoms with E-state index < -0.39 is 0 Å². The van der Waals surface area contributed by atoms with Crippen LogP contribution in [0.1, 0.15) is 5.69 Å². The summed E-state index contributed by atoms with van der Waals surface area (Å²) in [6.07, 6.45) is 4.35. The van der Waals surface area contributed by atoms with Gasteiger partial charge in [-0.15, -0.1) is 0 Å². The number of nitrogens with one attached hydrogen (secondary N) is 2. The molecule has 0 saturated heterocycles. The number of rotatable bonds is 4. The molecule has 4 nitrogen and oxygen atoms in total. The number of anilines is 1. The van der Waals surface area contributed by atoms with Gasteiger partial charge in [-0.3, -0.25) is 4.98 Å². The molecule has 0 bridgehead atoms. The Bertz CT molecular complexity index is 487. The monoisotopic (exact) mass is 258 g/mol. The highest BCUT2D eigenvalue weighted by atomic mass is 32.1. The fraction of sp³-hybridized carbons (Fsp3) is 0.154. The van der Waals surface area contributed by atoms with Gasteiger partial charge in [-0.05, 0) is 36.5 Å². The fourth-order valence-electron chi connectivity index (χ4n) is 1.45. The fourth-order valence-corrected chi connectivity index (χ4v) is 1.65. The van der Waals surface area contributed by atoms with E-state index in [1.807, 2.05) is 36.4 Å². The van der Waals surface area contributed by atoms with Crippen LogP contribution < -0.4 is 10.6 Å². The minimum absolute atomic E-state index is 0.574. The van der Waals surface area contributed by atoms with Gasteiger partial charge in [0.25, 0.3) is 0 Å². The van der Waals surface area contributed by atoms with Crippen molar-refractivity contribution in [1.82, 2.24) is 15.3 Å². The van der Waals surface area contributed by atoms with Gasteiger partial charge in [0.1, 0.15) is 5.82 Å². The van der Waals surface area contributed by atoms with E-state index in [-0.39, 0.29) is 0 Å². The first-order valence-corrected chi connectivity index (χ1v) is 6.11. The molecule has 0 unspecified atom stereocenters. The third-order valence-electron chi connectivity index (χ3n) is 2.30. The predicted molar refractivity (Wildman–Crippen MR) is 76.4 cm³/mol. The molecule has 0 fully saturated rings. The lowest BCUT2D eigenvalue weighted by Gasteiger charge is -2.09. The summed E-state index contributed by atoms with van der Waals surface area (Å²) in [5.41, 5.74) is 1.05. The first-order valence-electron chi connectivity index (χ1n) is 5.70. The quantitative estimate of drug-likeness (QED) is 0.822. The number of thiocarbonyl (C=S) groups is 1. The minimum Gasteiger partial charge on any atom is -0.362 e. The van der Waals surface area contributed by atoms with Crippen molar-refractivity contribution in [2.45, 2.75) is 6.42 Å². The smallest absolute Gasteiger partial charge is 0.171 e. The average Bonchev–Trinajstić information content (AvgIpc) is 2.41. The summed E-state index contributed by atoms with van der Waals surface area (Å²) < 4.78 is 0. The summed E-state index contributed by atoms with van der Waals surface area (Å²) in [6.45, 7) is 0.746. The van der Waals surface area contributed by atoms with Crippen molar-refractivity contribution in [2.24, 2.45) is 0 Å². The molecule has 92 valence electrons. The molecule has 0 radical (unpaired) electrons. The summed E-state index contributed by atoms with van der Waals surface area (Å²) in [7, 11) is 0. The molecule has 5 heteroatoms. The Morgan fingerprint density at radius 1 is 1.06 bits per heavy atom. The van der Waals surface area contributed by atoms with Crippen LogP contribution in [0.5, 0.6) is 0 Å². The summed E-state index contributed by atoms with van der Waals surface area (Å²) in [4.78, 5) is 8.38. The molecule has 2 heterocycles. The van der Waals surface area contributed by atoms with E-state index >= 15 is 0 Å². The van der Waals surface area contributed by atoms with Crippen LogP contribution in [-0.2, 0) is 6.42 Å². The van der Waals surface area contributed by atoms with Crippen molar-refractivity contribution in [3.05, 3.63) is 54.5 Å². The standard InChI is InChI=1S/C13H14N4S/c18-13(17-12-6-2-4-9-15-12)16-10-7-11-5-1-3-8-14-11/h1-6,8-9H,7,10H2,(H2,15,16,17,18). The van der Waals surface area contributed by atoms with Gasteiger partial charge in [0, 0.05) is 31.1 Å². The van der Waals surface area contributed by atoms with Gasteiger partial charge in [0.15, 0.2) is 5.11 Å². The SMILES string of the molecule is S=C(NCCc1ccccn1)Nc1ccccn1. The molecule has 0 atom stereocenters. The highest BCUT2D eigenvalue weighted by Crippen LogP contribution is 1.99. The maximum atomic E-state index is 5.17. The molecule has 2 N–H and O–H groups in total. The molecule has 0 amide bonds. The Labute approximate surface area is 111 Å². The van der Waals surface area contributed by atoms with E-state index in [2.05, 4.69) is 20.6 Å². The van der Waals surface area contributed by atoms with Gasteiger partial charge < -0.3 is 10.6 Å². The van der Waals surface area contributed by atoms with Crippen LogP contribution in [-0.4, -0.2) is 21.6 Å². The summed E-state index contributed by atoms with van der Waals surface area (Å²) in [6, 6.07) is 11.5. The van der Waals surface area contributed by atoms with E-state index in [0.717, 1.165) is 24.5 Å². The third kappa shape index (κ3) is 4.10. The zero-order valence-electron chi connectivity index (χ0n) is 9.84. The molecule has 2 aromatic rings. The van der Waals surface area contributed by atoms with Gasteiger partial charge in [0.05, 0.1) is 0 Å². The van der Waals surface area contributed by atoms with Crippen LogP contribution >= 0.6 is 12.2 Å². The molecule has 0 aliphatic rings. The van der Waals surface area contributed by atoms with E-state index in [1.165, 1.54) is 0 Å². The number of hydrogen-bond acceptors (Lipinski definition) is 3. The maximum absolute atomic E-state index is 5.17. The minimum atomic E-state index is 0.574. The van der Waals surface area contributed by atoms with Crippen LogP contribution in [0.2, 0.25) is 0 Å². The van der Waals surface area contributed by atoms with Gasteiger partial charge in [0.2, 0.25) is 0 Å². The van der Waals surface area contributed by atoms with E-state index in [4.69, 9.17) is 12.2 Å². The Morgan fingerprint density at radius 2 is 1.83 bits per heavy atom. The van der Waals surface area contributed by atoms with Crippen molar-refractivity contribution in [1.29, 1.82) is 0 Å². The zero-order chi connectivity index (χ0) is 12.6. The largest absolute Gasteiger partial charge is 0.362 e. The Balaban J connectivity index is 1.73. The number of nitrogens with zero attached hydrogens (tertiary/aromatic N) is 2. The lowest BCUT2D eigenvalue weighted by molar-refractivity contribution is 0.847. The topological polar surface area (TPSA) is 49.8 Å². The Hall–Kier alpha value is -2.01. The van der Waals surface area contributed by atoms with E-state index in [9.17, 15) is 0 Å². The van der Waals surface area contributed by atoms with Crippen LogP contribution in [0.3, 0.4) is 0 Å². The highest BCUT2D eigenvalue weighted by Gasteiger charge is 1.98. The van der Waals surface area contributed by atoms with Crippen LogP contribution in [0.25, 0.3) is 0 Å². The number of pyridine rings is 2. The predicted octanol–water partition coefficient (Wildman–Crippen LogP) is 2.01. The molecule has 0 spiro atoms. The molecule has 0 saturated carbocycles. The lowest BCUT2D eigenvalue weighted by Crippen LogP contribution is -2.30. The summed E-state index contributed by atoms with van der Waals surface area (Å²) in [5.74, 6) is 0.743. The molecular formula is C13H14N4S. The van der Waals surface area contributed by atoms with Crippen LogP contribution in [0.4, 0.5) is 5.82 Å². The Kier molecular flexibility index (Phi) is 4.60. The molecule has 2 aromatic heterocycles. The van der Waals surface area contributed by atoms with Crippen molar-refractivity contribution >= 4 is 23.1 Å². The molecular weight excluding hydrogens is 244 g/mol. The maximum Gasteiger partial charge on any atom is 0.171 e. The lowest BCUT2D eigenvalue weighted by atomic mass is 10.3. The second kappa shape index (κ2) is 6.66. The molecule has 0 aromatic carbocycles. The van der Waals surface area contributed by atoms with Crippen molar-refractivity contribution in [2.75, 3.05) is 11.9 Å². The molecule has 0 aliphatic carbocycles. The first-order chi connectivity index (χ1) is 8.84. The van der Waals surface area contributed by atoms with Crippen molar-refractivity contribution in [3.63, 3.8) is 0 Å².